The van der Waals surface area contributed by atoms with E-state index in [9.17, 15) is 14.0 Å². The molecule has 0 unspecified atom stereocenters. The molecular weight excluding hydrogens is 383 g/mol. The van der Waals surface area contributed by atoms with Gasteiger partial charge in [0.2, 0.25) is 0 Å². The lowest BCUT2D eigenvalue weighted by atomic mass is 9.94. The second-order valence-corrected chi connectivity index (χ2v) is 6.79. The number of amides is 1. The van der Waals surface area contributed by atoms with Gasteiger partial charge in [-0.15, -0.1) is 0 Å². The van der Waals surface area contributed by atoms with Crippen LogP contribution in [0.4, 0.5) is 10.2 Å². The molecule has 1 heterocycles. The van der Waals surface area contributed by atoms with Crippen LogP contribution >= 0.6 is 11.6 Å². The van der Waals surface area contributed by atoms with Crippen LogP contribution in [0.15, 0.2) is 42.1 Å². The van der Waals surface area contributed by atoms with Crippen molar-refractivity contribution in [2.24, 2.45) is 0 Å². The molecule has 2 N–H and O–H groups in total. The van der Waals surface area contributed by atoms with Gasteiger partial charge in [-0.1, -0.05) is 24.8 Å². The lowest BCUT2D eigenvalue weighted by Gasteiger charge is -2.22. The first kappa shape index (κ1) is 21.6. The van der Waals surface area contributed by atoms with Gasteiger partial charge < -0.3 is 10.6 Å². The normalized spacial score (nSPS) is 16.0. The first-order chi connectivity index (χ1) is 13.4. The Morgan fingerprint density at radius 1 is 1.36 bits per heavy atom. The van der Waals surface area contributed by atoms with Crippen LogP contribution in [-0.2, 0) is 4.79 Å². The minimum Gasteiger partial charge on any atom is -0.355 e. The number of aromatic nitrogens is 2. The number of anilines is 1. The monoisotopic (exact) mass is 406 g/mol. The third-order valence-electron chi connectivity index (χ3n) is 4.51. The van der Waals surface area contributed by atoms with Crippen LogP contribution in [0.2, 0.25) is 0 Å². The molecule has 1 aromatic rings. The number of carbonyl (C=O) groups is 2. The van der Waals surface area contributed by atoms with Crippen molar-refractivity contribution in [2.75, 3.05) is 19.0 Å². The van der Waals surface area contributed by atoms with Crippen molar-refractivity contribution >= 4 is 35.2 Å². The van der Waals surface area contributed by atoms with E-state index in [1.54, 1.807) is 16.8 Å². The molecule has 0 bridgehead atoms. The van der Waals surface area contributed by atoms with Gasteiger partial charge >= 0.3 is 0 Å². The topological polar surface area (TPSA) is 76.0 Å². The summed E-state index contributed by atoms with van der Waals surface area (Å²) in [4.78, 5) is 24.1. The number of carbonyl (C=O) groups excluding carboxylic acids is 2. The van der Waals surface area contributed by atoms with Crippen LogP contribution < -0.4 is 10.6 Å². The number of hydrogen-bond donors (Lipinski definition) is 2. The Labute approximate surface area is 168 Å². The van der Waals surface area contributed by atoms with E-state index in [2.05, 4.69) is 28.9 Å². The van der Waals surface area contributed by atoms with Gasteiger partial charge in [0.1, 0.15) is 18.0 Å². The van der Waals surface area contributed by atoms with Gasteiger partial charge in [-0.3, -0.25) is 14.3 Å². The molecule has 1 aromatic heterocycles. The number of hydrogen-bond acceptors (Lipinski definition) is 4. The Bertz CT molecular complexity index is 832. The Hall–Kier alpha value is -2.67. The fourth-order valence-electron chi connectivity index (χ4n) is 3.05. The zero-order chi connectivity index (χ0) is 20.7. The van der Waals surface area contributed by atoms with E-state index in [1.165, 1.54) is 19.2 Å². The fourth-order valence-corrected chi connectivity index (χ4v) is 3.11. The van der Waals surface area contributed by atoms with E-state index in [0.29, 0.717) is 48.5 Å². The van der Waals surface area contributed by atoms with Crippen LogP contribution in [0.5, 0.6) is 0 Å². The van der Waals surface area contributed by atoms with E-state index >= 15 is 0 Å². The van der Waals surface area contributed by atoms with E-state index in [0.717, 1.165) is 0 Å². The van der Waals surface area contributed by atoms with E-state index < -0.39 is 6.67 Å². The first-order valence-electron chi connectivity index (χ1n) is 8.95. The van der Waals surface area contributed by atoms with Crippen molar-refractivity contribution in [1.82, 2.24) is 15.1 Å². The molecule has 0 aliphatic heterocycles. The summed E-state index contributed by atoms with van der Waals surface area (Å²) in [7, 11) is 1.53. The predicted molar refractivity (Wildman–Crippen MR) is 110 cm³/mol. The summed E-state index contributed by atoms with van der Waals surface area (Å²) in [6.45, 7) is 6.76. The number of alkyl halides is 1. The van der Waals surface area contributed by atoms with Crippen molar-refractivity contribution in [3.05, 3.63) is 53.4 Å². The maximum Gasteiger partial charge on any atom is 0.257 e. The Balaban J connectivity index is 2.47. The zero-order valence-electron chi connectivity index (χ0n) is 15.8. The second kappa shape index (κ2) is 10.0. The summed E-state index contributed by atoms with van der Waals surface area (Å²) in [5.41, 5.74) is 1.40. The molecule has 0 atom stereocenters. The molecule has 1 amide bonds. The highest BCUT2D eigenvalue weighted by Crippen LogP contribution is 2.32. The van der Waals surface area contributed by atoms with Gasteiger partial charge in [0, 0.05) is 30.6 Å². The molecule has 2 rings (SSSR count). The molecule has 1 saturated carbocycles. The number of Topliss-reactive ketones (excluding diaryl/α,β-unsaturated/α-hetero) is 1. The number of rotatable bonds is 8. The van der Waals surface area contributed by atoms with Crippen molar-refractivity contribution in [1.29, 1.82) is 0 Å². The molecule has 1 aliphatic rings. The van der Waals surface area contributed by atoms with Crippen LogP contribution in [0, 0.1) is 0 Å². The Morgan fingerprint density at radius 3 is 2.57 bits per heavy atom. The predicted octanol–water partition coefficient (Wildman–Crippen LogP) is 4.14. The third kappa shape index (κ3) is 4.98. The maximum absolute atomic E-state index is 12.5. The lowest BCUT2D eigenvalue weighted by Crippen LogP contribution is -2.22. The van der Waals surface area contributed by atoms with Crippen LogP contribution in [0.1, 0.15) is 47.8 Å². The standard InChI is InChI=1S/C20H24ClFN4O2/c1-4-14(7-6-13(21)12-22)24-19-18(20(28)23-3)17(5-2)26(25-19)15-8-10-16(27)11-9-15/h4-7,15H,1-2,8-12H2,3H3,(H,23,28)(H,24,25)/b13-6+,14-7+. The summed E-state index contributed by atoms with van der Waals surface area (Å²) in [5.74, 6) is 0.236. The van der Waals surface area contributed by atoms with Gasteiger partial charge in [0.25, 0.3) is 5.91 Å². The molecule has 150 valence electrons. The van der Waals surface area contributed by atoms with Crippen LogP contribution in [0.25, 0.3) is 6.08 Å². The number of allylic oxidation sites excluding steroid dienone is 4. The number of nitrogens with zero attached hydrogens (tertiary/aromatic N) is 2. The second-order valence-electron chi connectivity index (χ2n) is 6.30. The average Bonchev–Trinajstić information content (AvgIpc) is 3.08. The molecule has 28 heavy (non-hydrogen) atoms. The minimum atomic E-state index is -0.776. The number of halogens is 2. The van der Waals surface area contributed by atoms with Crippen molar-refractivity contribution in [3.63, 3.8) is 0 Å². The van der Waals surface area contributed by atoms with Crippen molar-refractivity contribution in [3.8, 4) is 0 Å². The van der Waals surface area contributed by atoms with E-state index in [1.807, 2.05) is 0 Å². The SMILES string of the molecule is C=C/C(=C\C=C(\Cl)CF)Nc1nn(C2CCC(=O)CC2)c(C=C)c1C(=O)NC. The summed E-state index contributed by atoms with van der Waals surface area (Å²) < 4.78 is 14.3. The third-order valence-corrected chi connectivity index (χ3v) is 4.73. The van der Waals surface area contributed by atoms with Gasteiger partial charge in [-0.2, -0.15) is 5.10 Å². The van der Waals surface area contributed by atoms with Gasteiger partial charge in [0.15, 0.2) is 5.82 Å². The van der Waals surface area contributed by atoms with Gasteiger partial charge in [-0.25, -0.2) is 4.39 Å². The smallest absolute Gasteiger partial charge is 0.257 e. The van der Waals surface area contributed by atoms with E-state index in [-0.39, 0.29) is 22.8 Å². The maximum atomic E-state index is 12.5. The number of ketones is 1. The van der Waals surface area contributed by atoms with Crippen LogP contribution in [0.3, 0.4) is 0 Å². The highest BCUT2D eigenvalue weighted by molar-refractivity contribution is 6.29. The average molecular weight is 407 g/mol. The largest absolute Gasteiger partial charge is 0.355 e. The highest BCUT2D eigenvalue weighted by atomic mass is 35.5. The Kier molecular flexibility index (Phi) is 7.75. The minimum absolute atomic E-state index is 0.00157. The molecule has 1 fully saturated rings. The van der Waals surface area contributed by atoms with Crippen molar-refractivity contribution < 1.29 is 14.0 Å². The van der Waals surface area contributed by atoms with E-state index in [4.69, 9.17) is 11.6 Å². The molecule has 6 nitrogen and oxygen atoms in total. The van der Waals surface area contributed by atoms with Gasteiger partial charge in [0.05, 0.1) is 11.7 Å². The number of nitrogens with one attached hydrogen (secondary N) is 2. The van der Waals surface area contributed by atoms with Crippen molar-refractivity contribution in [2.45, 2.75) is 31.7 Å². The summed E-state index contributed by atoms with van der Waals surface area (Å²) in [5, 5.41) is 10.3. The summed E-state index contributed by atoms with van der Waals surface area (Å²) in [6.07, 6.45) is 8.35. The molecule has 8 heteroatoms. The molecule has 0 aromatic carbocycles. The highest BCUT2D eigenvalue weighted by Gasteiger charge is 2.28. The molecule has 0 radical (unpaired) electrons. The van der Waals surface area contributed by atoms with Crippen LogP contribution in [-0.4, -0.2) is 35.2 Å². The lowest BCUT2D eigenvalue weighted by molar-refractivity contribution is -0.120. The summed E-state index contributed by atoms with van der Waals surface area (Å²) >= 11 is 5.69. The molecule has 0 spiro atoms. The van der Waals surface area contributed by atoms with Gasteiger partial charge in [-0.05, 0) is 37.1 Å². The first-order valence-corrected chi connectivity index (χ1v) is 9.33. The Morgan fingerprint density at radius 2 is 2.04 bits per heavy atom. The quantitative estimate of drug-likeness (QED) is 0.636. The molecular formula is C20H24ClFN4O2. The molecule has 1 aliphatic carbocycles. The molecule has 0 saturated heterocycles. The fraction of sp³-hybridized carbons (Fsp3) is 0.350. The zero-order valence-corrected chi connectivity index (χ0v) is 16.6. The summed E-state index contributed by atoms with van der Waals surface area (Å²) in [6, 6.07) is 0.00157.